The Balaban J connectivity index is 1.71. The van der Waals surface area contributed by atoms with Crippen LogP contribution in [0, 0.1) is 0 Å². The van der Waals surface area contributed by atoms with Crippen LogP contribution in [-0.2, 0) is 0 Å². The maximum Gasteiger partial charge on any atom is 0.136 e. The number of nitrogens with one attached hydrogen (secondary N) is 1. The summed E-state index contributed by atoms with van der Waals surface area (Å²) in [6, 6.07) is 30.1. The number of hydrogen-bond acceptors (Lipinski definition) is 1. The van der Waals surface area contributed by atoms with Crippen LogP contribution in [0.2, 0.25) is 0 Å². The van der Waals surface area contributed by atoms with Gasteiger partial charge in [-0.05, 0) is 51.9 Å². The molecule has 0 amide bonds. The van der Waals surface area contributed by atoms with Gasteiger partial charge in [-0.25, -0.2) is 0 Å². The highest BCUT2D eigenvalue weighted by Gasteiger charge is 2.13. The molecule has 2 heterocycles. The fourth-order valence-corrected chi connectivity index (χ4v) is 4.72. The van der Waals surface area contributed by atoms with Crippen LogP contribution in [0.4, 0.5) is 0 Å². The van der Waals surface area contributed by atoms with Gasteiger partial charge in [0.1, 0.15) is 11.2 Å². The van der Waals surface area contributed by atoms with Gasteiger partial charge in [0, 0.05) is 32.6 Å². The second-order valence-corrected chi connectivity index (χ2v) is 7.49. The summed E-state index contributed by atoms with van der Waals surface area (Å²) in [5.74, 6) is 0. The molecule has 2 nitrogen and oxygen atoms in total. The highest BCUT2D eigenvalue weighted by atomic mass is 16.3. The number of benzene rings is 5. The van der Waals surface area contributed by atoms with E-state index in [1.54, 1.807) is 0 Å². The molecule has 0 bridgehead atoms. The Labute approximate surface area is 160 Å². The van der Waals surface area contributed by atoms with E-state index in [4.69, 9.17) is 4.42 Å². The second kappa shape index (κ2) is 4.93. The minimum atomic E-state index is 0.938. The summed E-state index contributed by atoms with van der Waals surface area (Å²) in [6.07, 6.45) is 0. The molecule has 0 fully saturated rings. The van der Waals surface area contributed by atoms with Crippen LogP contribution in [0.1, 0.15) is 0 Å². The summed E-state index contributed by atoms with van der Waals surface area (Å²) >= 11 is 0. The SMILES string of the molecule is c1ccc2c(c1)ccc1[nH]c3cc4c(ccc5oc6ccccc6c54)cc3c12. The number of furan rings is 1. The Hall–Kier alpha value is -3.78. The Bertz CT molecular complexity index is 1710. The third-order valence-electron chi connectivity index (χ3n) is 5.96. The molecule has 7 rings (SSSR count). The molecule has 0 unspecified atom stereocenters. The lowest BCUT2D eigenvalue weighted by Gasteiger charge is -2.02. The molecule has 1 N–H and O–H groups in total. The summed E-state index contributed by atoms with van der Waals surface area (Å²) in [5.41, 5.74) is 4.22. The standard InChI is InChI=1S/C26H15NO/c1-2-6-17-15(5-1)9-11-21-25(17)20-13-16-10-12-24-26(19(16)14-22(20)27-21)18-7-3-4-8-23(18)28-24/h1-14,27H. The van der Waals surface area contributed by atoms with E-state index in [1.165, 1.54) is 48.6 Å². The lowest BCUT2D eigenvalue weighted by atomic mass is 9.99. The first-order valence-electron chi connectivity index (χ1n) is 9.54. The van der Waals surface area contributed by atoms with E-state index in [-0.39, 0.29) is 0 Å². The molecule has 0 atom stereocenters. The first-order valence-corrected chi connectivity index (χ1v) is 9.54. The molecule has 0 aliphatic heterocycles. The van der Waals surface area contributed by atoms with E-state index >= 15 is 0 Å². The molecule has 0 spiro atoms. The fraction of sp³-hybridized carbons (Fsp3) is 0. The first kappa shape index (κ1) is 14.3. The van der Waals surface area contributed by atoms with Gasteiger partial charge < -0.3 is 9.40 Å². The highest BCUT2D eigenvalue weighted by molar-refractivity contribution is 6.26. The van der Waals surface area contributed by atoms with Crippen LogP contribution in [0.5, 0.6) is 0 Å². The average Bonchev–Trinajstić information content (AvgIpc) is 3.30. The lowest BCUT2D eigenvalue weighted by Crippen LogP contribution is -1.77. The maximum atomic E-state index is 6.08. The molecule has 0 radical (unpaired) electrons. The van der Waals surface area contributed by atoms with Crippen molar-refractivity contribution in [3.05, 3.63) is 84.9 Å². The van der Waals surface area contributed by atoms with E-state index in [9.17, 15) is 0 Å². The third kappa shape index (κ3) is 1.72. The van der Waals surface area contributed by atoms with E-state index in [0.717, 1.165) is 16.7 Å². The van der Waals surface area contributed by atoms with Crippen molar-refractivity contribution in [1.29, 1.82) is 0 Å². The number of para-hydroxylation sites is 1. The molecule has 0 aliphatic rings. The summed E-state index contributed by atoms with van der Waals surface area (Å²) in [4.78, 5) is 3.64. The third-order valence-corrected chi connectivity index (χ3v) is 5.96. The molecular formula is C26H15NO. The van der Waals surface area contributed by atoms with Crippen LogP contribution in [0.25, 0.3) is 65.3 Å². The average molecular weight is 357 g/mol. The van der Waals surface area contributed by atoms with Crippen molar-refractivity contribution in [2.45, 2.75) is 0 Å². The smallest absolute Gasteiger partial charge is 0.136 e. The van der Waals surface area contributed by atoms with Gasteiger partial charge in [0.05, 0.1) is 0 Å². The van der Waals surface area contributed by atoms with Gasteiger partial charge in [-0.1, -0.05) is 54.6 Å². The zero-order chi connectivity index (χ0) is 18.2. The summed E-state index contributed by atoms with van der Waals surface area (Å²) in [7, 11) is 0. The van der Waals surface area contributed by atoms with E-state index < -0.39 is 0 Å². The predicted molar refractivity (Wildman–Crippen MR) is 118 cm³/mol. The fourth-order valence-electron chi connectivity index (χ4n) is 4.72. The first-order chi connectivity index (χ1) is 13.9. The van der Waals surface area contributed by atoms with Crippen molar-refractivity contribution >= 4 is 65.3 Å². The summed E-state index contributed by atoms with van der Waals surface area (Å²) in [5, 5.41) is 9.96. The Morgan fingerprint density at radius 2 is 1.32 bits per heavy atom. The Kier molecular flexibility index (Phi) is 2.52. The minimum absolute atomic E-state index is 0.938. The Morgan fingerprint density at radius 1 is 0.500 bits per heavy atom. The molecule has 28 heavy (non-hydrogen) atoms. The predicted octanol–water partition coefficient (Wildman–Crippen LogP) is 7.53. The minimum Gasteiger partial charge on any atom is -0.456 e. The molecule has 7 aromatic rings. The van der Waals surface area contributed by atoms with E-state index in [1.807, 2.05) is 12.1 Å². The largest absolute Gasteiger partial charge is 0.456 e. The van der Waals surface area contributed by atoms with Crippen molar-refractivity contribution in [2.24, 2.45) is 0 Å². The molecule has 2 aromatic heterocycles. The zero-order valence-corrected chi connectivity index (χ0v) is 15.0. The molecule has 5 aromatic carbocycles. The monoisotopic (exact) mass is 357 g/mol. The number of H-pyrrole nitrogens is 1. The molecule has 0 aliphatic carbocycles. The molecule has 2 heteroatoms. The van der Waals surface area contributed by atoms with Gasteiger partial charge in [0.2, 0.25) is 0 Å². The van der Waals surface area contributed by atoms with Crippen molar-refractivity contribution < 1.29 is 4.42 Å². The van der Waals surface area contributed by atoms with Crippen LogP contribution in [-0.4, -0.2) is 4.98 Å². The molecular weight excluding hydrogens is 342 g/mol. The highest BCUT2D eigenvalue weighted by Crippen LogP contribution is 2.39. The number of aromatic nitrogens is 1. The van der Waals surface area contributed by atoms with Gasteiger partial charge in [0.25, 0.3) is 0 Å². The summed E-state index contributed by atoms with van der Waals surface area (Å²) < 4.78 is 6.08. The number of fused-ring (bicyclic) bond motifs is 10. The zero-order valence-electron chi connectivity index (χ0n) is 15.0. The number of rotatable bonds is 0. The van der Waals surface area contributed by atoms with Crippen molar-refractivity contribution in [3.63, 3.8) is 0 Å². The van der Waals surface area contributed by atoms with Crippen LogP contribution in [0.15, 0.2) is 89.3 Å². The van der Waals surface area contributed by atoms with Crippen molar-refractivity contribution in [3.8, 4) is 0 Å². The van der Waals surface area contributed by atoms with Gasteiger partial charge >= 0.3 is 0 Å². The van der Waals surface area contributed by atoms with Crippen LogP contribution < -0.4 is 0 Å². The maximum absolute atomic E-state index is 6.08. The normalized spacial score (nSPS) is 12.3. The van der Waals surface area contributed by atoms with Gasteiger partial charge in [-0.2, -0.15) is 0 Å². The molecule has 0 saturated carbocycles. The quantitative estimate of drug-likeness (QED) is 0.299. The lowest BCUT2D eigenvalue weighted by molar-refractivity contribution is 0.669. The van der Waals surface area contributed by atoms with Gasteiger partial charge in [0.15, 0.2) is 0 Å². The topological polar surface area (TPSA) is 28.9 Å². The number of aromatic amines is 1. The van der Waals surface area contributed by atoms with Crippen LogP contribution in [0.3, 0.4) is 0 Å². The van der Waals surface area contributed by atoms with E-state index in [2.05, 4.69) is 77.8 Å². The van der Waals surface area contributed by atoms with Crippen molar-refractivity contribution in [1.82, 2.24) is 4.98 Å². The molecule has 130 valence electrons. The second-order valence-electron chi connectivity index (χ2n) is 7.49. The van der Waals surface area contributed by atoms with Crippen LogP contribution >= 0.6 is 0 Å². The van der Waals surface area contributed by atoms with Crippen molar-refractivity contribution in [2.75, 3.05) is 0 Å². The summed E-state index contributed by atoms with van der Waals surface area (Å²) in [6.45, 7) is 0. The molecule has 0 saturated heterocycles. The number of hydrogen-bond donors (Lipinski definition) is 1. The van der Waals surface area contributed by atoms with Gasteiger partial charge in [-0.3, -0.25) is 0 Å². The van der Waals surface area contributed by atoms with E-state index in [0.29, 0.717) is 0 Å². The Morgan fingerprint density at radius 3 is 2.29 bits per heavy atom. The van der Waals surface area contributed by atoms with Gasteiger partial charge in [-0.15, -0.1) is 0 Å².